The molecule has 25 heavy (non-hydrogen) atoms. The molecule has 0 spiro atoms. The van der Waals surface area contributed by atoms with E-state index in [0.717, 1.165) is 4.47 Å². The summed E-state index contributed by atoms with van der Waals surface area (Å²) in [7, 11) is 1.59. The van der Waals surface area contributed by atoms with Gasteiger partial charge in [0.25, 0.3) is 11.4 Å². The first kappa shape index (κ1) is 19.7. The van der Waals surface area contributed by atoms with E-state index >= 15 is 0 Å². The summed E-state index contributed by atoms with van der Waals surface area (Å²) in [6.07, 6.45) is 1.69. The summed E-state index contributed by atoms with van der Waals surface area (Å²) in [6, 6.07) is 4.57. The molecule has 0 saturated heterocycles. The van der Waals surface area contributed by atoms with Crippen molar-refractivity contribution in [2.45, 2.75) is 0 Å². The largest absolute Gasteiger partial charge is 0.497 e. The predicted molar refractivity (Wildman–Crippen MR) is 86.6 cm³/mol. The van der Waals surface area contributed by atoms with Gasteiger partial charge in [0.2, 0.25) is 5.88 Å². The van der Waals surface area contributed by atoms with Crippen molar-refractivity contribution in [2.24, 2.45) is 0 Å². The number of rotatable bonds is 4. The number of hydrogen-bond acceptors (Lipinski definition) is 9. The van der Waals surface area contributed by atoms with Gasteiger partial charge in [-0.3, -0.25) is 30.3 Å². The summed E-state index contributed by atoms with van der Waals surface area (Å²) in [6.45, 7) is 0. The summed E-state index contributed by atoms with van der Waals surface area (Å²) < 4.78 is 5.80. The second kappa shape index (κ2) is 8.49. The second-order valence-corrected chi connectivity index (χ2v) is 5.04. The monoisotopic (exact) mass is 416 g/mol. The summed E-state index contributed by atoms with van der Waals surface area (Å²) in [4.78, 5) is 31.7. The van der Waals surface area contributed by atoms with E-state index in [1.807, 2.05) is 6.07 Å². The maximum absolute atomic E-state index is 10.4. The highest BCUT2D eigenvalue weighted by molar-refractivity contribution is 9.10. The molecule has 2 aromatic rings. The Kier molecular flexibility index (Phi) is 6.69. The first-order chi connectivity index (χ1) is 11.7. The van der Waals surface area contributed by atoms with Crippen molar-refractivity contribution < 1.29 is 24.6 Å². The van der Waals surface area contributed by atoms with E-state index in [4.69, 9.17) is 9.84 Å². The maximum atomic E-state index is 10.4. The zero-order valence-corrected chi connectivity index (χ0v) is 13.9. The van der Waals surface area contributed by atoms with E-state index in [0.29, 0.717) is 18.0 Å². The lowest BCUT2D eigenvalue weighted by molar-refractivity contribution is -0.404. The van der Waals surface area contributed by atoms with E-state index < -0.39 is 37.6 Å². The van der Waals surface area contributed by atoms with Crippen molar-refractivity contribution in [1.82, 2.24) is 4.98 Å². The fourth-order valence-electron chi connectivity index (χ4n) is 1.46. The number of phenolic OH excluding ortho intramolecular Hbond substituents is 1. The van der Waals surface area contributed by atoms with Crippen molar-refractivity contribution in [3.8, 4) is 11.6 Å². The molecule has 0 saturated carbocycles. The third-order valence-electron chi connectivity index (χ3n) is 2.57. The summed E-state index contributed by atoms with van der Waals surface area (Å²) in [5.41, 5.74) is -3.00. The Balaban J connectivity index is 0.000000293. The lowest BCUT2D eigenvalue weighted by Gasteiger charge is -1.97. The molecule has 0 unspecified atom stereocenters. The van der Waals surface area contributed by atoms with Crippen LogP contribution in [0.1, 0.15) is 0 Å². The topological polar surface area (TPSA) is 172 Å². The number of methoxy groups -OCH3 is 1. The second-order valence-electron chi connectivity index (χ2n) is 4.12. The molecule has 1 heterocycles. The molecule has 0 aliphatic carbocycles. The van der Waals surface area contributed by atoms with E-state index in [-0.39, 0.29) is 0 Å². The Morgan fingerprint density at radius 2 is 1.56 bits per heavy atom. The number of nitro benzene ring substituents is 3. The molecule has 1 aromatic heterocycles. The fourth-order valence-corrected chi connectivity index (χ4v) is 1.69. The van der Waals surface area contributed by atoms with E-state index in [1.54, 1.807) is 19.4 Å². The highest BCUT2D eigenvalue weighted by Gasteiger charge is 2.30. The minimum atomic E-state index is -1.21. The van der Waals surface area contributed by atoms with Crippen LogP contribution in [0.15, 0.2) is 34.9 Å². The quantitative estimate of drug-likeness (QED) is 0.580. The normalized spacial score (nSPS) is 9.52. The number of aromatic hydroxyl groups is 1. The molecule has 13 heteroatoms. The van der Waals surface area contributed by atoms with E-state index in [9.17, 15) is 30.3 Å². The molecule has 1 N–H and O–H groups in total. The summed E-state index contributed by atoms with van der Waals surface area (Å²) in [5, 5.41) is 40.2. The highest BCUT2D eigenvalue weighted by atomic mass is 79.9. The molecule has 12 nitrogen and oxygen atoms in total. The zero-order valence-electron chi connectivity index (χ0n) is 12.4. The number of hydrogen-bond donors (Lipinski definition) is 1. The molecule has 0 amide bonds. The Labute approximate surface area is 147 Å². The third kappa shape index (κ3) is 5.35. The van der Waals surface area contributed by atoms with E-state index in [1.165, 1.54) is 0 Å². The van der Waals surface area contributed by atoms with Gasteiger partial charge in [-0.1, -0.05) is 0 Å². The van der Waals surface area contributed by atoms with Gasteiger partial charge in [-0.25, -0.2) is 4.98 Å². The molecule has 0 aliphatic rings. The van der Waals surface area contributed by atoms with Crippen LogP contribution in [0.2, 0.25) is 0 Å². The summed E-state index contributed by atoms with van der Waals surface area (Å²) in [5.74, 6) is -0.571. The van der Waals surface area contributed by atoms with Gasteiger partial charge < -0.3 is 9.84 Å². The van der Waals surface area contributed by atoms with Crippen LogP contribution >= 0.6 is 15.9 Å². The lowest BCUT2D eigenvalue weighted by Crippen LogP contribution is -1.97. The van der Waals surface area contributed by atoms with Gasteiger partial charge in [0, 0.05) is 16.7 Å². The van der Waals surface area contributed by atoms with Crippen molar-refractivity contribution in [3.05, 3.63) is 65.3 Å². The van der Waals surface area contributed by atoms with E-state index in [2.05, 4.69) is 20.9 Å². The molecule has 0 radical (unpaired) electrons. The van der Waals surface area contributed by atoms with Gasteiger partial charge in [0.15, 0.2) is 0 Å². The molecule has 0 fully saturated rings. The van der Waals surface area contributed by atoms with Crippen LogP contribution in [0.5, 0.6) is 11.6 Å². The molecule has 2 rings (SSSR count). The average Bonchev–Trinajstić information content (AvgIpc) is 2.55. The number of nitrogens with zero attached hydrogens (tertiary/aromatic N) is 4. The number of pyridine rings is 1. The smallest absolute Gasteiger partial charge is 0.324 e. The third-order valence-corrected chi connectivity index (χ3v) is 3.04. The van der Waals surface area contributed by atoms with Crippen molar-refractivity contribution in [1.29, 1.82) is 0 Å². The van der Waals surface area contributed by atoms with Crippen LogP contribution in [0.25, 0.3) is 0 Å². The number of ether oxygens (including phenoxy) is 1. The first-order valence-corrected chi connectivity index (χ1v) is 6.92. The van der Waals surface area contributed by atoms with Crippen LogP contribution in [-0.2, 0) is 0 Å². The van der Waals surface area contributed by atoms with Crippen molar-refractivity contribution in [3.63, 3.8) is 0 Å². The predicted octanol–water partition coefficient (Wildman–Crippen LogP) is 2.97. The number of halogens is 1. The van der Waals surface area contributed by atoms with Crippen LogP contribution in [0.4, 0.5) is 17.1 Å². The molecular weight excluding hydrogens is 408 g/mol. The van der Waals surface area contributed by atoms with Gasteiger partial charge >= 0.3 is 11.4 Å². The Hall–Kier alpha value is -3.35. The molecule has 132 valence electrons. The summed E-state index contributed by atoms with van der Waals surface area (Å²) >= 11 is 3.26. The minimum Gasteiger partial charge on any atom is -0.497 e. The first-order valence-electron chi connectivity index (χ1n) is 6.13. The Morgan fingerprint density at radius 3 is 1.88 bits per heavy atom. The van der Waals surface area contributed by atoms with Crippen LogP contribution in [0, 0.1) is 30.3 Å². The number of phenols is 1. The fraction of sp³-hybridized carbons (Fsp3) is 0.0833. The van der Waals surface area contributed by atoms with Crippen LogP contribution < -0.4 is 4.74 Å². The van der Waals surface area contributed by atoms with Gasteiger partial charge in [0.1, 0.15) is 0 Å². The molecule has 1 aromatic carbocycles. The Bertz CT molecular complexity index is 776. The molecular formula is C12H9BrN4O8. The minimum absolute atomic E-state index is 0.447. The number of aromatic nitrogens is 1. The number of non-ortho nitro benzene ring substituents is 1. The van der Waals surface area contributed by atoms with Crippen molar-refractivity contribution in [2.75, 3.05) is 7.11 Å². The zero-order chi connectivity index (χ0) is 19.1. The lowest BCUT2D eigenvalue weighted by atomic mass is 10.2. The number of nitro groups is 3. The average molecular weight is 417 g/mol. The standard InChI is InChI=1S/C6H6BrNO.C6H3N3O7/c1-9-6-3-2-5(7)4-8-6;10-6-4(8(13)14)1-3(7(11)12)2-5(6)9(15)16/h2-4H,1H3;1-2,10H. The molecule has 0 bridgehead atoms. The van der Waals surface area contributed by atoms with Crippen molar-refractivity contribution >= 4 is 33.0 Å². The SMILES string of the molecule is COc1ccc(Br)cn1.O=[N+]([O-])c1cc([N+](=O)[O-])c(O)c([N+](=O)[O-])c1. The Morgan fingerprint density at radius 1 is 1.04 bits per heavy atom. The number of benzene rings is 1. The molecule has 0 atom stereocenters. The van der Waals surface area contributed by atoms with Gasteiger partial charge in [-0.2, -0.15) is 0 Å². The van der Waals surface area contributed by atoms with Crippen LogP contribution in [0.3, 0.4) is 0 Å². The van der Waals surface area contributed by atoms with Gasteiger partial charge in [-0.05, 0) is 22.0 Å². The van der Waals surface area contributed by atoms with Gasteiger partial charge in [-0.15, -0.1) is 0 Å². The maximum Gasteiger partial charge on any atom is 0.324 e. The molecule has 0 aliphatic heterocycles. The van der Waals surface area contributed by atoms with Crippen LogP contribution in [-0.4, -0.2) is 32.0 Å². The highest BCUT2D eigenvalue weighted by Crippen LogP contribution is 2.38. The van der Waals surface area contributed by atoms with Gasteiger partial charge in [0.05, 0.1) is 34.0 Å².